The number of aliphatic hydroxyl groups is 1. The molecule has 1 N–H and O–H groups in total. The number of benzene rings is 1. The summed E-state index contributed by atoms with van der Waals surface area (Å²) in [5.74, 6) is -0.338. The van der Waals surface area contributed by atoms with E-state index in [0.717, 1.165) is 0 Å². The van der Waals surface area contributed by atoms with E-state index >= 15 is 0 Å². The fourth-order valence-corrected chi connectivity index (χ4v) is 2.11. The van der Waals surface area contributed by atoms with Crippen molar-refractivity contribution in [2.75, 3.05) is 6.61 Å². The Bertz CT molecular complexity index is 373. The first-order valence-corrected chi connectivity index (χ1v) is 6.09. The minimum Gasteiger partial charge on any atom is -0.466 e. The summed E-state index contributed by atoms with van der Waals surface area (Å²) in [6.07, 6.45) is -0.487. The van der Waals surface area contributed by atoms with Gasteiger partial charge in [0.2, 0.25) is 0 Å². The zero-order valence-electron chi connectivity index (χ0n) is 9.45. The lowest BCUT2D eigenvalue weighted by Crippen LogP contribution is -2.07. The number of carbonyl (C=O) groups is 1. The molecule has 1 atom stereocenters. The van der Waals surface area contributed by atoms with Gasteiger partial charge in [0.1, 0.15) is 0 Å². The van der Waals surface area contributed by atoms with Crippen LogP contribution in [0.15, 0.2) is 18.2 Å². The Hall–Kier alpha value is -0.770. The van der Waals surface area contributed by atoms with Gasteiger partial charge in [-0.05, 0) is 25.5 Å². The third-order valence-corrected chi connectivity index (χ3v) is 2.92. The molecular weight excluding hydrogens is 263 g/mol. The fourth-order valence-electron chi connectivity index (χ4n) is 1.46. The molecule has 0 aromatic heterocycles. The predicted octanol–water partition coefficient (Wildman–Crippen LogP) is 3.37. The Balaban J connectivity index is 2.64. The quantitative estimate of drug-likeness (QED) is 0.839. The Labute approximate surface area is 110 Å². The van der Waals surface area contributed by atoms with E-state index in [1.54, 1.807) is 25.1 Å². The van der Waals surface area contributed by atoms with E-state index in [0.29, 0.717) is 22.2 Å². The highest BCUT2D eigenvalue weighted by molar-refractivity contribution is 6.36. The highest BCUT2D eigenvalue weighted by Gasteiger charge is 2.16. The topological polar surface area (TPSA) is 46.5 Å². The number of hydrogen-bond acceptors (Lipinski definition) is 3. The van der Waals surface area contributed by atoms with Gasteiger partial charge in [-0.3, -0.25) is 4.79 Å². The van der Waals surface area contributed by atoms with Crippen LogP contribution in [0.3, 0.4) is 0 Å². The number of carbonyl (C=O) groups excluding carboxylic acids is 1. The van der Waals surface area contributed by atoms with Crippen LogP contribution in [-0.4, -0.2) is 17.7 Å². The molecule has 0 aliphatic heterocycles. The molecule has 0 aliphatic rings. The van der Waals surface area contributed by atoms with Crippen LogP contribution in [0.2, 0.25) is 10.0 Å². The Kier molecular flexibility index (Phi) is 5.75. The van der Waals surface area contributed by atoms with Crippen molar-refractivity contribution in [2.24, 2.45) is 0 Å². The molecule has 17 heavy (non-hydrogen) atoms. The van der Waals surface area contributed by atoms with Gasteiger partial charge in [-0.1, -0.05) is 29.3 Å². The second-order valence-electron chi connectivity index (χ2n) is 3.49. The van der Waals surface area contributed by atoms with Crippen molar-refractivity contribution >= 4 is 29.2 Å². The van der Waals surface area contributed by atoms with Crippen molar-refractivity contribution in [3.8, 4) is 0 Å². The van der Waals surface area contributed by atoms with Crippen LogP contribution in [0.4, 0.5) is 0 Å². The van der Waals surface area contributed by atoms with E-state index in [4.69, 9.17) is 27.9 Å². The Morgan fingerprint density at radius 3 is 2.53 bits per heavy atom. The zero-order chi connectivity index (χ0) is 12.8. The summed E-state index contributed by atoms with van der Waals surface area (Å²) >= 11 is 11.9. The second kappa shape index (κ2) is 6.84. The Morgan fingerprint density at radius 1 is 1.41 bits per heavy atom. The molecule has 1 aromatic carbocycles. The number of hydrogen-bond donors (Lipinski definition) is 1. The van der Waals surface area contributed by atoms with E-state index in [2.05, 4.69) is 0 Å². The number of aliphatic hydroxyl groups excluding tert-OH is 1. The standard InChI is InChI=1S/C12H14Cl2O3/c1-2-17-11(16)7-6-10(15)12-8(13)4-3-5-9(12)14/h3-5,10,15H,2,6-7H2,1H3. The van der Waals surface area contributed by atoms with Gasteiger partial charge in [0.15, 0.2) is 0 Å². The summed E-state index contributed by atoms with van der Waals surface area (Å²) in [4.78, 5) is 11.1. The van der Waals surface area contributed by atoms with Crippen LogP contribution in [0.1, 0.15) is 31.4 Å². The molecule has 5 heteroatoms. The molecule has 0 spiro atoms. The van der Waals surface area contributed by atoms with E-state index in [1.165, 1.54) is 0 Å². The molecule has 1 aromatic rings. The summed E-state index contributed by atoms with van der Waals surface area (Å²) in [5, 5.41) is 10.7. The van der Waals surface area contributed by atoms with E-state index in [9.17, 15) is 9.90 Å². The minimum atomic E-state index is -0.861. The zero-order valence-corrected chi connectivity index (χ0v) is 11.0. The molecule has 0 saturated carbocycles. The molecule has 3 nitrogen and oxygen atoms in total. The van der Waals surface area contributed by atoms with Crippen LogP contribution < -0.4 is 0 Å². The predicted molar refractivity (Wildman–Crippen MR) is 67.3 cm³/mol. The summed E-state index contributed by atoms with van der Waals surface area (Å²) in [6.45, 7) is 2.07. The van der Waals surface area contributed by atoms with Gasteiger partial charge in [0.05, 0.1) is 12.7 Å². The highest BCUT2D eigenvalue weighted by Crippen LogP contribution is 2.32. The van der Waals surface area contributed by atoms with Gasteiger partial charge in [-0.2, -0.15) is 0 Å². The molecule has 0 bridgehead atoms. The van der Waals surface area contributed by atoms with Crippen molar-refractivity contribution in [3.05, 3.63) is 33.8 Å². The van der Waals surface area contributed by atoms with Gasteiger partial charge >= 0.3 is 5.97 Å². The second-order valence-corrected chi connectivity index (χ2v) is 4.31. The lowest BCUT2D eigenvalue weighted by atomic mass is 10.0. The van der Waals surface area contributed by atoms with Gasteiger partial charge < -0.3 is 9.84 Å². The maximum atomic E-state index is 11.1. The van der Waals surface area contributed by atoms with Crippen LogP contribution in [0.25, 0.3) is 0 Å². The number of halogens is 2. The minimum absolute atomic E-state index is 0.135. The number of ether oxygens (including phenoxy) is 1. The largest absolute Gasteiger partial charge is 0.466 e. The van der Waals surface area contributed by atoms with Crippen molar-refractivity contribution in [2.45, 2.75) is 25.9 Å². The van der Waals surface area contributed by atoms with Crippen molar-refractivity contribution in [3.63, 3.8) is 0 Å². The van der Waals surface area contributed by atoms with Crippen molar-refractivity contribution in [1.82, 2.24) is 0 Å². The van der Waals surface area contributed by atoms with Gasteiger partial charge in [-0.15, -0.1) is 0 Å². The molecule has 94 valence electrons. The first-order chi connectivity index (χ1) is 8.06. The number of rotatable bonds is 5. The molecule has 0 heterocycles. The average Bonchev–Trinajstić information content (AvgIpc) is 2.26. The van der Waals surface area contributed by atoms with Crippen LogP contribution in [-0.2, 0) is 9.53 Å². The summed E-state index contributed by atoms with van der Waals surface area (Å²) in [5.41, 5.74) is 0.458. The third-order valence-electron chi connectivity index (χ3n) is 2.26. The van der Waals surface area contributed by atoms with Crippen molar-refractivity contribution < 1.29 is 14.6 Å². The molecule has 0 radical (unpaired) electrons. The van der Waals surface area contributed by atoms with Gasteiger partial charge in [-0.25, -0.2) is 0 Å². The maximum Gasteiger partial charge on any atom is 0.305 e. The normalized spacial score (nSPS) is 12.2. The van der Waals surface area contributed by atoms with Crippen LogP contribution in [0.5, 0.6) is 0 Å². The number of esters is 1. The first-order valence-electron chi connectivity index (χ1n) is 5.33. The smallest absolute Gasteiger partial charge is 0.305 e. The van der Waals surface area contributed by atoms with Crippen LogP contribution >= 0.6 is 23.2 Å². The van der Waals surface area contributed by atoms with E-state index in [-0.39, 0.29) is 18.8 Å². The van der Waals surface area contributed by atoms with Gasteiger partial charge in [0, 0.05) is 22.0 Å². The molecule has 1 rings (SSSR count). The molecule has 1 unspecified atom stereocenters. The van der Waals surface area contributed by atoms with Crippen molar-refractivity contribution in [1.29, 1.82) is 0 Å². The maximum absolute atomic E-state index is 11.1. The third kappa shape index (κ3) is 4.19. The van der Waals surface area contributed by atoms with Gasteiger partial charge in [0.25, 0.3) is 0 Å². The summed E-state index contributed by atoms with van der Waals surface area (Å²) in [6, 6.07) is 5.00. The van der Waals surface area contributed by atoms with Crippen LogP contribution in [0, 0.1) is 0 Å². The lowest BCUT2D eigenvalue weighted by Gasteiger charge is -2.13. The fraction of sp³-hybridized carbons (Fsp3) is 0.417. The first kappa shape index (κ1) is 14.3. The molecule has 0 aliphatic carbocycles. The van der Waals surface area contributed by atoms with E-state index in [1.807, 2.05) is 0 Å². The molecular formula is C12H14Cl2O3. The lowest BCUT2D eigenvalue weighted by molar-refractivity contribution is -0.143. The highest BCUT2D eigenvalue weighted by atomic mass is 35.5. The molecule has 0 saturated heterocycles. The SMILES string of the molecule is CCOC(=O)CCC(O)c1c(Cl)cccc1Cl. The average molecular weight is 277 g/mol. The monoisotopic (exact) mass is 276 g/mol. The summed E-state index contributed by atoms with van der Waals surface area (Å²) < 4.78 is 4.77. The Morgan fingerprint density at radius 2 is 2.00 bits per heavy atom. The summed E-state index contributed by atoms with van der Waals surface area (Å²) in [7, 11) is 0. The molecule has 0 fully saturated rings. The molecule has 0 amide bonds. The van der Waals surface area contributed by atoms with E-state index < -0.39 is 6.10 Å².